The summed E-state index contributed by atoms with van der Waals surface area (Å²) < 4.78 is 9.55. The fourth-order valence-electron chi connectivity index (χ4n) is 7.64. The van der Waals surface area contributed by atoms with Crippen molar-refractivity contribution >= 4 is 75.1 Å². The Balaban J connectivity index is 1.17. The summed E-state index contributed by atoms with van der Waals surface area (Å²) in [5, 5.41) is 7.79. The molecule has 0 radical (unpaired) electrons. The molecule has 7 aromatic carbocycles. The number of hydrogen-bond acceptors (Lipinski definition) is 5. The van der Waals surface area contributed by atoms with Crippen LogP contribution in [0.15, 0.2) is 168 Å². The SMILES string of the molecule is c1ccc(-c2cc(-c3ccc4c(c3)sc3ccccc34)nc(-c3cccc4c3oc3c4ccc4c(-c5ccccc5)nc5ccccc5c43)n2)cc1. The summed E-state index contributed by atoms with van der Waals surface area (Å²) in [6.45, 7) is 0. The maximum Gasteiger partial charge on any atom is 0.164 e. The molecule has 0 saturated heterocycles. The molecule has 0 bridgehead atoms. The van der Waals surface area contributed by atoms with Crippen molar-refractivity contribution in [3.63, 3.8) is 0 Å². The van der Waals surface area contributed by atoms with Crippen molar-refractivity contribution in [3.05, 3.63) is 164 Å². The van der Waals surface area contributed by atoms with Crippen molar-refractivity contribution in [3.8, 4) is 45.2 Å². The highest BCUT2D eigenvalue weighted by atomic mass is 32.1. The predicted molar refractivity (Wildman–Crippen MR) is 217 cm³/mol. The van der Waals surface area contributed by atoms with E-state index < -0.39 is 0 Å². The third-order valence-electron chi connectivity index (χ3n) is 10.1. The topological polar surface area (TPSA) is 51.8 Å². The zero-order chi connectivity index (χ0) is 34.2. The number of fused-ring (bicyclic) bond motifs is 10. The molecule has 4 heterocycles. The second-order valence-electron chi connectivity index (χ2n) is 13.1. The van der Waals surface area contributed by atoms with Crippen molar-refractivity contribution < 1.29 is 4.42 Å². The van der Waals surface area contributed by atoms with Gasteiger partial charge in [-0.25, -0.2) is 15.0 Å². The van der Waals surface area contributed by atoms with Crippen molar-refractivity contribution in [2.75, 3.05) is 0 Å². The normalized spacial score (nSPS) is 11.8. The van der Waals surface area contributed by atoms with Crippen molar-refractivity contribution in [1.29, 1.82) is 0 Å². The van der Waals surface area contributed by atoms with E-state index in [1.54, 1.807) is 0 Å². The Hall–Kier alpha value is -6.69. The fourth-order valence-corrected chi connectivity index (χ4v) is 8.78. The van der Waals surface area contributed by atoms with Crippen LogP contribution in [0.4, 0.5) is 0 Å². The Morgan fingerprint density at radius 3 is 1.88 bits per heavy atom. The van der Waals surface area contributed by atoms with E-state index in [1.807, 2.05) is 41.7 Å². The van der Waals surface area contributed by atoms with Gasteiger partial charge < -0.3 is 4.42 Å². The van der Waals surface area contributed by atoms with Crippen LogP contribution in [0.3, 0.4) is 0 Å². The molecule has 0 fully saturated rings. The molecule has 4 nitrogen and oxygen atoms in total. The lowest BCUT2D eigenvalue weighted by Crippen LogP contribution is -1.96. The first kappa shape index (κ1) is 29.1. The van der Waals surface area contributed by atoms with Crippen molar-refractivity contribution in [2.45, 2.75) is 0 Å². The number of furan rings is 1. The second kappa shape index (κ2) is 11.4. The average Bonchev–Trinajstić information content (AvgIpc) is 3.79. The van der Waals surface area contributed by atoms with Gasteiger partial charge in [-0.3, -0.25) is 0 Å². The largest absolute Gasteiger partial charge is 0.455 e. The van der Waals surface area contributed by atoms with Gasteiger partial charge in [-0.05, 0) is 36.4 Å². The van der Waals surface area contributed by atoms with Crippen LogP contribution in [0.25, 0.3) is 109 Å². The van der Waals surface area contributed by atoms with E-state index in [0.29, 0.717) is 5.82 Å². The Kier molecular flexibility index (Phi) is 6.39. The minimum atomic E-state index is 0.623. The van der Waals surface area contributed by atoms with Gasteiger partial charge in [-0.15, -0.1) is 11.3 Å². The minimum absolute atomic E-state index is 0.623. The first-order valence-corrected chi connectivity index (χ1v) is 18.2. The Morgan fingerprint density at radius 1 is 0.404 bits per heavy atom. The van der Waals surface area contributed by atoms with Crippen LogP contribution in [-0.4, -0.2) is 15.0 Å². The number of rotatable bonds is 4. The van der Waals surface area contributed by atoms with Crippen LogP contribution < -0.4 is 0 Å². The maximum absolute atomic E-state index is 7.03. The standard InChI is InChI=1S/C47H27N3OS/c1-3-12-28(13-4-1)39-27-40(30-22-23-32-31-16-8-10-21-41(31)52-42(32)26-30)50-47(49-39)37-19-11-18-33-34-24-25-36-43(46(34)51-45(33)37)35-17-7-9-20-38(35)48-44(36)29-14-5-2-6-15-29/h1-27H. The molecule has 5 heteroatoms. The highest BCUT2D eigenvalue weighted by molar-refractivity contribution is 7.25. The molecule has 52 heavy (non-hydrogen) atoms. The van der Waals surface area contributed by atoms with Crippen LogP contribution in [0, 0.1) is 0 Å². The summed E-state index contributed by atoms with van der Waals surface area (Å²) in [4.78, 5) is 15.6. The minimum Gasteiger partial charge on any atom is -0.455 e. The molecule has 11 aromatic rings. The second-order valence-corrected chi connectivity index (χ2v) is 14.2. The molecule has 0 aliphatic carbocycles. The Bertz CT molecular complexity index is 3180. The molecule has 0 amide bonds. The van der Waals surface area contributed by atoms with Gasteiger partial charge in [0.1, 0.15) is 11.2 Å². The van der Waals surface area contributed by atoms with E-state index in [9.17, 15) is 0 Å². The number of para-hydroxylation sites is 2. The molecule has 0 unspecified atom stereocenters. The number of hydrogen-bond donors (Lipinski definition) is 0. The van der Waals surface area contributed by atoms with Gasteiger partial charge in [0.15, 0.2) is 5.82 Å². The summed E-state index contributed by atoms with van der Waals surface area (Å²) in [6.07, 6.45) is 0. The van der Waals surface area contributed by atoms with Crippen LogP contribution in [-0.2, 0) is 0 Å². The molecule has 0 atom stereocenters. The van der Waals surface area contributed by atoms with Gasteiger partial charge in [0.2, 0.25) is 0 Å². The number of benzene rings is 7. The quantitative estimate of drug-likeness (QED) is 0.174. The average molecular weight is 682 g/mol. The first-order chi connectivity index (χ1) is 25.8. The summed E-state index contributed by atoms with van der Waals surface area (Å²) in [7, 11) is 0. The number of aromatic nitrogens is 3. The molecule has 0 spiro atoms. The summed E-state index contributed by atoms with van der Waals surface area (Å²) in [6, 6.07) is 57.1. The van der Waals surface area contributed by atoms with Gasteiger partial charge in [0, 0.05) is 63.8 Å². The van der Waals surface area contributed by atoms with E-state index in [2.05, 4.69) is 133 Å². The number of nitrogens with zero attached hydrogens (tertiary/aromatic N) is 3. The molecular weight excluding hydrogens is 655 g/mol. The zero-order valence-electron chi connectivity index (χ0n) is 27.7. The Labute approximate surface area is 302 Å². The lowest BCUT2D eigenvalue weighted by Gasteiger charge is -2.10. The van der Waals surface area contributed by atoms with Crippen LogP contribution in [0.2, 0.25) is 0 Å². The van der Waals surface area contributed by atoms with Gasteiger partial charge in [0.05, 0.1) is 28.2 Å². The van der Waals surface area contributed by atoms with Gasteiger partial charge in [-0.2, -0.15) is 0 Å². The lowest BCUT2D eigenvalue weighted by atomic mass is 9.97. The monoisotopic (exact) mass is 681 g/mol. The first-order valence-electron chi connectivity index (χ1n) is 17.4. The molecule has 0 aliphatic heterocycles. The molecule has 0 aliphatic rings. The summed E-state index contributed by atoms with van der Waals surface area (Å²) in [5.41, 5.74) is 9.21. The van der Waals surface area contributed by atoms with Crippen LogP contribution >= 0.6 is 11.3 Å². The molecule has 0 saturated carbocycles. The van der Waals surface area contributed by atoms with Gasteiger partial charge >= 0.3 is 0 Å². The highest BCUT2D eigenvalue weighted by Crippen LogP contribution is 2.43. The lowest BCUT2D eigenvalue weighted by molar-refractivity contribution is 0.673. The van der Waals surface area contributed by atoms with Gasteiger partial charge in [0.25, 0.3) is 0 Å². The van der Waals surface area contributed by atoms with E-state index in [1.165, 1.54) is 20.2 Å². The molecular formula is C47H27N3OS. The van der Waals surface area contributed by atoms with Crippen molar-refractivity contribution in [2.24, 2.45) is 0 Å². The van der Waals surface area contributed by atoms with E-state index in [4.69, 9.17) is 19.4 Å². The number of thiophene rings is 1. The molecule has 4 aromatic heterocycles. The Morgan fingerprint density at radius 2 is 1.04 bits per heavy atom. The molecule has 11 rings (SSSR count). The van der Waals surface area contributed by atoms with Gasteiger partial charge in [-0.1, -0.05) is 127 Å². The zero-order valence-corrected chi connectivity index (χ0v) is 28.6. The third kappa shape index (κ3) is 4.50. The van der Waals surface area contributed by atoms with E-state index in [-0.39, 0.29) is 0 Å². The third-order valence-corrected chi connectivity index (χ3v) is 11.2. The van der Waals surface area contributed by atoms with E-state index >= 15 is 0 Å². The summed E-state index contributed by atoms with van der Waals surface area (Å²) >= 11 is 1.81. The van der Waals surface area contributed by atoms with Crippen LogP contribution in [0.1, 0.15) is 0 Å². The smallest absolute Gasteiger partial charge is 0.164 e. The predicted octanol–water partition coefficient (Wildman–Crippen LogP) is 13.1. The van der Waals surface area contributed by atoms with Crippen molar-refractivity contribution in [1.82, 2.24) is 15.0 Å². The molecule has 242 valence electrons. The molecule has 0 N–H and O–H groups in total. The van der Waals surface area contributed by atoms with Crippen LogP contribution in [0.5, 0.6) is 0 Å². The fraction of sp³-hybridized carbons (Fsp3) is 0. The van der Waals surface area contributed by atoms with E-state index in [0.717, 1.165) is 82.9 Å². The maximum atomic E-state index is 7.03. The highest BCUT2D eigenvalue weighted by Gasteiger charge is 2.21. The summed E-state index contributed by atoms with van der Waals surface area (Å²) in [5.74, 6) is 0.623. The number of pyridine rings is 1.